The molecular formula is C23H21FN2O2. The van der Waals surface area contributed by atoms with Crippen molar-refractivity contribution in [2.45, 2.75) is 13.5 Å². The summed E-state index contributed by atoms with van der Waals surface area (Å²) in [5.41, 5.74) is 2.42. The predicted octanol–water partition coefficient (Wildman–Crippen LogP) is 4.74. The van der Waals surface area contributed by atoms with Crippen LogP contribution in [0.15, 0.2) is 78.9 Å². The van der Waals surface area contributed by atoms with Gasteiger partial charge in [-0.25, -0.2) is 4.39 Å². The minimum absolute atomic E-state index is 0.146. The van der Waals surface area contributed by atoms with E-state index in [-0.39, 0.29) is 17.6 Å². The fourth-order valence-electron chi connectivity index (χ4n) is 2.85. The summed E-state index contributed by atoms with van der Waals surface area (Å²) in [6.07, 6.45) is 0. The Kier molecular flexibility index (Phi) is 6.17. The molecule has 0 heterocycles. The SMILES string of the molecule is CCN(Cc1cccc(F)c1)C(=O)c1ccc(NC(=O)c2ccccc2)cc1. The molecule has 0 atom stereocenters. The molecule has 1 N–H and O–H groups in total. The average molecular weight is 376 g/mol. The van der Waals surface area contributed by atoms with E-state index in [2.05, 4.69) is 5.32 Å². The van der Waals surface area contributed by atoms with Gasteiger partial charge >= 0.3 is 0 Å². The van der Waals surface area contributed by atoms with Crippen LogP contribution in [0.25, 0.3) is 0 Å². The maximum Gasteiger partial charge on any atom is 0.255 e. The van der Waals surface area contributed by atoms with Crippen molar-refractivity contribution in [2.24, 2.45) is 0 Å². The molecule has 4 nitrogen and oxygen atoms in total. The lowest BCUT2D eigenvalue weighted by molar-refractivity contribution is 0.0752. The number of nitrogens with one attached hydrogen (secondary N) is 1. The molecule has 28 heavy (non-hydrogen) atoms. The number of anilines is 1. The molecule has 3 aromatic carbocycles. The minimum atomic E-state index is -0.320. The summed E-state index contributed by atoms with van der Waals surface area (Å²) in [7, 11) is 0. The molecule has 0 saturated carbocycles. The Morgan fingerprint density at radius 1 is 0.893 bits per heavy atom. The van der Waals surface area contributed by atoms with E-state index in [9.17, 15) is 14.0 Å². The molecule has 0 aromatic heterocycles. The number of amides is 2. The molecule has 5 heteroatoms. The van der Waals surface area contributed by atoms with Crippen molar-refractivity contribution in [3.63, 3.8) is 0 Å². The molecule has 3 aromatic rings. The first kappa shape index (κ1) is 19.3. The first-order valence-electron chi connectivity index (χ1n) is 9.07. The molecule has 0 spiro atoms. The predicted molar refractivity (Wildman–Crippen MR) is 108 cm³/mol. The Morgan fingerprint density at radius 3 is 2.25 bits per heavy atom. The maximum absolute atomic E-state index is 13.4. The highest BCUT2D eigenvalue weighted by atomic mass is 19.1. The second kappa shape index (κ2) is 8.95. The van der Waals surface area contributed by atoms with E-state index in [0.29, 0.717) is 29.9 Å². The Bertz CT molecular complexity index is 956. The highest BCUT2D eigenvalue weighted by Gasteiger charge is 2.15. The molecule has 3 rings (SSSR count). The Balaban J connectivity index is 1.67. The van der Waals surface area contributed by atoms with Crippen LogP contribution in [0.4, 0.5) is 10.1 Å². The van der Waals surface area contributed by atoms with Crippen molar-refractivity contribution in [3.8, 4) is 0 Å². The van der Waals surface area contributed by atoms with Gasteiger partial charge in [-0.1, -0.05) is 30.3 Å². The molecule has 0 bridgehead atoms. The van der Waals surface area contributed by atoms with Crippen molar-refractivity contribution in [1.29, 1.82) is 0 Å². The third kappa shape index (κ3) is 4.82. The number of carbonyl (C=O) groups excluding carboxylic acids is 2. The summed E-state index contributed by atoms with van der Waals surface area (Å²) in [6, 6.07) is 21.9. The summed E-state index contributed by atoms with van der Waals surface area (Å²) >= 11 is 0. The van der Waals surface area contributed by atoms with Crippen LogP contribution < -0.4 is 5.32 Å². The third-order valence-electron chi connectivity index (χ3n) is 4.36. The van der Waals surface area contributed by atoms with E-state index in [1.807, 2.05) is 13.0 Å². The van der Waals surface area contributed by atoms with E-state index in [0.717, 1.165) is 5.56 Å². The average Bonchev–Trinajstić information content (AvgIpc) is 2.73. The first-order chi connectivity index (χ1) is 13.6. The van der Waals surface area contributed by atoms with Crippen LogP contribution in [0.1, 0.15) is 33.2 Å². The van der Waals surface area contributed by atoms with E-state index < -0.39 is 0 Å². The topological polar surface area (TPSA) is 49.4 Å². The molecule has 0 radical (unpaired) electrons. The van der Waals surface area contributed by atoms with Crippen molar-refractivity contribution < 1.29 is 14.0 Å². The van der Waals surface area contributed by atoms with Crippen LogP contribution in [0.3, 0.4) is 0 Å². The minimum Gasteiger partial charge on any atom is -0.335 e. The highest BCUT2D eigenvalue weighted by molar-refractivity contribution is 6.04. The van der Waals surface area contributed by atoms with Crippen LogP contribution >= 0.6 is 0 Å². The lowest BCUT2D eigenvalue weighted by atomic mass is 10.1. The summed E-state index contributed by atoms with van der Waals surface area (Å²) < 4.78 is 13.4. The Morgan fingerprint density at radius 2 is 1.61 bits per heavy atom. The summed E-state index contributed by atoms with van der Waals surface area (Å²) in [5.74, 6) is -0.673. The van der Waals surface area contributed by atoms with Gasteiger partial charge in [-0.05, 0) is 61.0 Å². The molecule has 0 aliphatic rings. The monoisotopic (exact) mass is 376 g/mol. The van der Waals surface area contributed by atoms with Gasteiger partial charge in [-0.2, -0.15) is 0 Å². The molecular weight excluding hydrogens is 355 g/mol. The normalized spacial score (nSPS) is 10.4. The summed E-state index contributed by atoms with van der Waals surface area (Å²) in [6.45, 7) is 2.72. The molecule has 0 fully saturated rings. The van der Waals surface area contributed by atoms with Gasteiger partial charge in [0.05, 0.1) is 0 Å². The van der Waals surface area contributed by atoms with Crippen LogP contribution in [-0.2, 0) is 6.54 Å². The molecule has 0 saturated heterocycles. The van der Waals surface area contributed by atoms with E-state index in [4.69, 9.17) is 0 Å². The highest BCUT2D eigenvalue weighted by Crippen LogP contribution is 2.15. The van der Waals surface area contributed by atoms with Crippen molar-refractivity contribution >= 4 is 17.5 Å². The summed E-state index contributed by atoms with van der Waals surface area (Å²) in [4.78, 5) is 26.6. The van der Waals surface area contributed by atoms with Gasteiger partial charge in [0, 0.05) is 29.9 Å². The lowest BCUT2D eigenvalue weighted by Crippen LogP contribution is -2.30. The number of rotatable bonds is 6. The maximum atomic E-state index is 13.4. The molecule has 2 amide bonds. The van der Waals surface area contributed by atoms with Crippen LogP contribution in [0.2, 0.25) is 0 Å². The fourth-order valence-corrected chi connectivity index (χ4v) is 2.85. The number of hydrogen-bond donors (Lipinski definition) is 1. The Hall–Kier alpha value is -3.47. The zero-order valence-electron chi connectivity index (χ0n) is 15.6. The van der Waals surface area contributed by atoms with E-state index >= 15 is 0 Å². The van der Waals surface area contributed by atoms with Crippen molar-refractivity contribution in [3.05, 3.63) is 101 Å². The Labute approximate surface area is 163 Å². The third-order valence-corrected chi connectivity index (χ3v) is 4.36. The molecule has 0 unspecified atom stereocenters. The zero-order chi connectivity index (χ0) is 19.9. The van der Waals surface area contributed by atoms with Crippen LogP contribution in [-0.4, -0.2) is 23.3 Å². The number of nitrogens with zero attached hydrogens (tertiary/aromatic N) is 1. The molecule has 142 valence electrons. The van der Waals surface area contributed by atoms with Gasteiger partial charge in [0.25, 0.3) is 11.8 Å². The molecule has 0 aliphatic carbocycles. The fraction of sp³-hybridized carbons (Fsp3) is 0.130. The molecule has 0 aliphatic heterocycles. The van der Waals surface area contributed by atoms with Gasteiger partial charge < -0.3 is 10.2 Å². The van der Waals surface area contributed by atoms with E-state index in [1.54, 1.807) is 65.6 Å². The standard InChI is InChI=1S/C23H21FN2O2/c1-2-26(16-17-7-6-10-20(24)15-17)23(28)19-11-13-21(14-12-19)25-22(27)18-8-4-3-5-9-18/h3-15H,2,16H2,1H3,(H,25,27). The van der Waals surface area contributed by atoms with Gasteiger partial charge in [-0.15, -0.1) is 0 Å². The van der Waals surface area contributed by atoms with Crippen molar-refractivity contribution in [2.75, 3.05) is 11.9 Å². The number of benzene rings is 3. The largest absolute Gasteiger partial charge is 0.335 e. The smallest absolute Gasteiger partial charge is 0.255 e. The number of hydrogen-bond acceptors (Lipinski definition) is 2. The van der Waals surface area contributed by atoms with Crippen LogP contribution in [0.5, 0.6) is 0 Å². The quantitative estimate of drug-likeness (QED) is 0.675. The van der Waals surface area contributed by atoms with E-state index in [1.165, 1.54) is 12.1 Å². The van der Waals surface area contributed by atoms with Gasteiger partial charge in [0.15, 0.2) is 0 Å². The number of carbonyl (C=O) groups is 2. The second-order valence-corrected chi connectivity index (χ2v) is 6.35. The number of halogens is 1. The van der Waals surface area contributed by atoms with Crippen LogP contribution in [0, 0.1) is 5.82 Å². The lowest BCUT2D eigenvalue weighted by Gasteiger charge is -2.21. The zero-order valence-corrected chi connectivity index (χ0v) is 15.6. The van der Waals surface area contributed by atoms with Crippen molar-refractivity contribution in [1.82, 2.24) is 4.90 Å². The first-order valence-corrected chi connectivity index (χ1v) is 9.07. The van der Waals surface area contributed by atoms with Gasteiger partial charge in [0.2, 0.25) is 0 Å². The van der Waals surface area contributed by atoms with Gasteiger partial charge in [-0.3, -0.25) is 9.59 Å². The summed E-state index contributed by atoms with van der Waals surface area (Å²) in [5, 5.41) is 2.81. The second-order valence-electron chi connectivity index (χ2n) is 6.35. The van der Waals surface area contributed by atoms with Gasteiger partial charge in [0.1, 0.15) is 5.82 Å².